The summed E-state index contributed by atoms with van der Waals surface area (Å²) in [6.07, 6.45) is 3.69. The highest BCUT2D eigenvalue weighted by atomic mass is 32.2. The van der Waals surface area contributed by atoms with Crippen LogP contribution in [0.1, 0.15) is 12.8 Å². The summed E-state index contributed by atoms with van der Waals surface area (Å²) >= 11 is 0. The maximum atomic E-state index is 13.1. The minimum Gasteiger partial charge on any atom is -0.481 e. The molecular weight excluding hydrogens is 439 g/mol. The van der Waals surface area contributed by atoms with Crippen molar-refractivity contribution < 1.29 is 27.4 Å². The monoisotopic (exact) mass is 464 g/mol. The molecule has 0 amide bonds. The van der Waals surface area contributed by atoms with Crippen molar-refractivity contribution in [3.8, 4) is 11.1 Å². The number of rotatable bonds is 6. The Kier molecular flexibility index (Phi) is 6.40. The number of halogens is 1. The number of carboxylic acid groups (broad SMARTS) is 1. The molecule has 0 bridgehead atoms. The number of carbonyl (C=O) groups is 1. The van der Waals surface area contributed by atoms with Crippen molar-refractivity contribution in [1.82, 2.24) is 14.3 Å². The van der Waals surface area contributed by atoms with Gasteiger partial charge in [-0.3, -0.25) is 4.79 Å². The van der Waals surface area contributed by atoms with Crippen LogP contribution in [0.2, 0.25) is 0 Å². The Hall–Kier alpha value is -2.63. The molecule has 2 aliphatic rings. The zero-order valence-corrected chi connectivity index (χ0v) is 18.3. The van der Waals surface area contributed by atoms with E-state index in [0.717, 1.165) is 11.1 Å². The Morgan fingerprint density at radius 3 is 2.19 bits per heavy atom. The molecule has 1 aromatic heterocycles. The molecule has 1 N–H and O–H groups in total. The maximum absolute atomic E-state index is 13.1. The van der Waals surface area contributed by atoms with Gasteiger partial charge >= 0.3 is 5.97 Å². The van der Waals surface area contributed by atoms with Crippen molar-refractivity contribution in [2.45, 2.75) is 12.8 Å². The standard InChI is InChI=1S/C21H25FN4O5S/c22-18-3-1-16(2-4-18)17-13-23-20(24-14-17)25-7-9-26(10-8-25)32(29,30)15-21(19(27)28)5-11-31-12-6-21/h1-4,13-14H,5-12,15H2,(H,27,28). The Morgan fingerprint density at radius 2 is 1.62 bits per heavy atom. The first-order valence-electron chi connectivity index (χ1n) is 10.4. The van der Waals surface area contributed by atoms with Crippen LogP contribution in [0.4, 0.5) is 10.3 Å². The molecule has 2 aromatic rings. The lowest BCUT2D eigenvalue weighted by Crippen LogP contribution is -2.53. The number of aliphatic carboxylic acids is 1. The van der Waals surface area contributed by atoms with Gasteiger partial charge in [0, 0.05) is 57.3 Å². The summed E-state index contributed by atoms with van der Waals surface area (Å²) < 4.78 is 45.6. The third-order valence-corrected chi connectivity index (χ3v) is 8.16. The normalized spacial score (nSPS) is 19.6. The van der Waals surface area contributed by atoms with Gasteiger partial charge in [-0.25, -0.2) is 22.8 Å². The number of anilines is 1. The highest BCUT2D eigenvalue weighted by Gasteiger charge is 2.45. The summed E-state index contributed by atoms with van der Waals surface area (Å²) in [4.78, 5) is 22.5. The van der Waals surface area contributed by atoms with Crippen molar-refractivity contribution >= 4 is 21.9 Å². The number of hydrogen-bond acceptors (Lipinski definition) is 7. The number of nitrogens with zero attached hydrogens (tertiary/aromatic N) is 4. The van der Waals surface area contributed by atoms with Crippen LogP contribution in [0.3, 0.4) is 0 Å². The van der Waals surface area contributed by atoms with E-state index in [-0.39, 0.29) is 45.0 Å². The fraction of sp³-hybridized carbons (Fsp3) is 0.476. The summed E-state index contributed by atoms with van der Waals surface area (Å²) in [5.74, 6) is -1.33. The molecule has 1 aromatic carbocycles. The Morgan fingerprint density at radius 1 is 1.03 bits per heavy atom. The number of aromatic nitrogens is 2. The van der Waals surface area contributed by atoms with Gasteiger partial charge in [-0.05, 0) is 30.5 Å². The van der Waals surface area contributed by atoms with Crippen LogP contribution in [-0.2, 0) is 19.6 Å². The van der Waals surface area contributed by atoms with Crippen molar-refractivity contribution in [1.29, 1.82) is 0 Å². The molecule has 4 rings (SSSR count). The quantitative estimate of drug-likeness (QED) is 0.686. The largest absolute Gasteiger partial charge is 0.481 e. The first kappa shape index (κ1) is 22.6. The molecule has 2 saturated heterocycles. The second-order valence-corrected chi connectivity index (χ2v) is 10.1. The van der Waals surface area contributed by atoms with E-state index >= 15 is 0 Å². The zero-order chi connectivity index (χ0) is 22.8. The molecule has 172 valence electrons. The predicted octanol–water partition coefficient (Wildman–Crippen LogP) is 1.62. The molecular formula is C21H25FN4O5S. The van der Waals surface area contributed by atoms with Gasteiger partial charge < -0.3 is 14.7 Å². The predicted molar refractivity (Wildman–Crippen MR) is 115 cm³/mol. The molecule has 2 aliphatic heterocycles. The zero-order valence-electron chi connectivity index (χ0n) is 17.5. The molecule has 0 aliphatic carbocycles. The molecule has 0 saturated carbocycles. The van der Waals surface area contributed by atoms with Gasteiger partial charge in [-0.15, -0.1) is 0 Å². The van der Waals surface area contributed by atoms with Gasteiger partial charge in [0.25, 0.3) is 0 Å². The van der Waals surface area contributed by atoms with Crippen molar-refractivity contribution in [2.24, 2.45) is 5.41 Å². The summed E-state index contributed by atoms with van der Waals surface area (Å²) in [6, 6.07) is 6.05. The van der Waals surface area contributed by atoms with E-state index in [1.165, 1.54) is 16.4 Å². The van der Waals surface area contributed by atoms with Gasteiger partial charge in [0.2, 0.25) is 16.0 Å². The van der Waals surface area contributed by atoms with E-state index in [0.29, 0.717) is 19.0 Å². The summed E-state index contributed by atoms with van der Waals surface area (Å²) in [7, 11) is -3.74. The lowest BCUT2D eigenvalue weighted by molar-refractivity contribution is -0.152. The van der Waals surface area contributed by atoms with Crippen LogP contribution in [0.5, 0.6) is 0 Å². The van der Waals surface area contributed by atoms with Crippen molar-refractivity contribution in [2.75, 3.05) is 50.0 Å². The molecule has 2 fully saturated rings. The van der Waals surface area contributed by atoms with E-state index < -0.39 is 27.2 Å². The van der Waals surface area contributed by atoms with E-state index in [2.05, 4.69) is 9.97 Å². The lowest BCUT2D eigenvalue weighted by Gasteiger charge is -2.37. The third-order valence-electron chi connectivity index (χ3n) is 6.09. The van der Waals surface area contributed by atoms with Crippen LogP contribution in [0, 0.1) is 11.2 Å². The molecule has 0 atom stereocenters. The molecule has 11 heteroatoms. The van der Waals surface area contributed by atoms with Gasteiger partial charge in [0.1, 0.15) is 5.82 Å². The molecule has 0 radical (unpaired) electrons. The van der Waals surface area contributed by atoms with E-state index in [1.807, 2.05) is 4.90 Å². The SMILES string of the molecule is O=C(O)C1(CS(=O)(=O)N2CCN(c3ncc(-c4ccc(F)cc4)cn3)CC2)CCOCC1. The fourth-order valence-corrected chi connectivity index (χ4v) is 6.08. The third kappa shape index (κ3) is 4.74. The maximum Gasteiger partial charge on any atom is 0.310 e. The Balaban J connectivity index is 1.39. The average Bonchev–Trinajstić information content (AvgIpc) is 2.80. The lowest BCUT2D eigenvalue weighted by atomic mass is 9.82. The second kappa shape index (κ2) is 9.08. The summed E-state index contributed by atoms with van der Waals surface area (Å²) in [5, 5.41) is 9.68. The number of carboxylic acids is 1. The first-order valence-corrected chi connectivity index (χ1v) is 12.0. The minimum atomic E-state index is -3.74. The number of ether oxygens (including phenoxy) is 1. The highest BCUT2D eigenvalue weighted by Crippen LogP contribution is 2.33. The topological polar surface area (TPSA) is 113 Å². The van der Waals surface area contributed by atoms with E-state index in [4.69, 9.17) is 4.74 Å². The molecule has 3 heterocycles. The number of piperazine rings is 1. The second-order valence-electron chi connectivity index (χ2n) is 8.12. The highest BCUT2D eigenvalue weighted by molar-refractivity contribution is 7.89. The van der Waals surface area contributed by atoms with Gasteiger partial charge in [0.15, 0.2) is 0 Å². The van der Waals surface area contributed by atoms with Gasteiger partial charge in [0.05, 0.1) is 11.2 Å². The summed E-state index contributed by atoms with van der Waals surface area (Å²) in [5.41, 5.74) is 0.257. The smallest absolute Gasteiger partial charge is 0.310 e. The van der Waals surface area contributed by atoms with Crippen LogP contribution >= 0.6 is 0 Å². The van der Waals surface area contributed by atoms with Crippen LogP contribution in [0.25, 0.3) is 11.1 Å². The minimum absolute atomic E-state index is 0.190. The Labute approximate surface area is 185 Å². The van der Waals surface area contributed by atoms with Crippen molar-refractivity contribution in [3.05, 3.63) is 42.5 Å². The molecule has 32 heavy (non-hydrogen) atoms. The first-order chi connectivity index (χ1) is 15.3. The number of hydrogen-bond donors (Lipinski definition) is 1. The van der Waals surface area contributed by atoms with Gasteiger partial charge in [-0.2, -0.15) is 4.31 Å². The number of sulfonamides is 1. The molecule has 9 nitrogen and oxygen atoms in total. The van der Waals surface area contributed by atoms with Crippen LogP contribution in [-0.4, -0.2) is 78.9 Å². The van der Waals surface area contributed by atoms with Crippen LogP contribution in [0.15, 0.2) is 36.7 Å². The van der Waals surface area contributed by atoms with Crippen molar-refractivity contribution in [3.63, 3.8) is 0 Å². The van der Waals surface area contributed by atoms with Gasteiger partial charge in [-0.1, -0.05) is 12.1 Å². The Bertz CT molecular complexity index is 1050. The number of benzene rings is 1. The fourth-order valence-electron chi connectivity index (χ4n) is 4.06. The average molecular weight is 465 g/mol. The molecule has 0 unspecified atom stereocenters. The van der Waals surface area contributed by atoms with E-state index in [9.17, 15) is 22.7 Å². The van der Waals surface area contributed by atoms with Crippen LogP contribution < -0.4 is 4.90 Å². The molecule has 0 spiro atoms. The van der Waals surface area contributed by atoms with E-state index in [1.54, 1.807) is 24.5 Å². The summed E-state index contributed by atoms with van der Waals surface area (Å²) in [6.45, 7) is 1.77.